The van der Waals surface area contributed by atoms with Crippen LogP contribution in [0.3, 0.4) is 0 Å². The number of nitrogens with two attached hydrogens (primary N) is 1. The Hall–Kier alpha value is -2.03. The fourth-order valence-corrected chi connectivity index (χ4v) is 1.34. The summed E-state index contributed by atoms with van der Waals surface area (Å²) in [6, 6.07) is 1.81. The molecule has 0 radical (unpaired) electrons. The highest BCUT2D eigenvalue weighted by Crippen LogP contribution is 2.18. The van der Waals surface area contributed by atoms with E-state index in [-0.39, 0.29) is 5.69 Å². The van der Waals surface area contributed by atoms with Gasteiger partial charge in [0.1, 0.15) is 6.07 Å². The standard InChI is InChI=1S/C10H14N4O2/c1-4-7-8(12)9(14(3)13-7)10(15)16-6(2)5-11/h6H,4,12H2,1-3H3. The molecule has 0 aromatic carbocycles. The lowest BCUT2D eigenvalue weighted by Gasteiger charge is -2.06. The smallest absolute Gasteiger partial charge is 0.360 e. The first-order valence-electron chi connectivity index (χ1n) is 4.93. The average molecular weight is 222 g/mol. The monoisotopic (exact) mass is 222 g/mol. The average Bonchev–Trinajstić information content (AvgIpc) is 2.53. The first-order valence-corrected chi connectivity index (χ1v) is 4.93. The van der Waals surface area contributed by atoms with Crippen molar-refractivity contribution in [3.05, 3.63) is 11.4 Å². The summed E-state index contributed by atoms with van der Waals surface area (Å²) in [5, 5.41) is 12.6. The van der Waals surface area contributed by atoms with Crippen molar-refractivity contribution in [2.75, 3.05) is 5.73 Å². The van der Waals surface area contributed by atoms with Crippen LogP contribution in [0.4, 0.5) is 5.69 Å². The van der Waals surface area contributed by atoms with Gasteiger partial charge in [0.25, 0.3) is 0 Å². The fraction of sp³-hybridized carbons (Fsp3) is 0.500. The van der Waals surface area contributed by atoms with Crippen molar-refractivity contribution in [3.8, 4) is 6.07 Å². The Bertz CT molecular complexity index is 444. The minimum absolute atomic E-state index is 0.193. The number of rotatable bonds is 3. The molecule has 0 amide bonds. The van der Waals surface area contributed by atoms with Gasteiger partial charge >= 0.3 is 5.97 Å². The number of carbonyl (C=O) groups excluding carboxylic acids is 1. The summed E-state index contributed by atoms with van der Waals surface area (Å²) >= 11 is 0. The maximum Gasteiger partial charge on any atom is 0.360 e. The lowest BCUT2D eigenvalue weighted by atomic mass is 10.2. The van der Waals surface area contributed by atoms with E-state index in [9.17, 15) is 4.79 Å². The maximum absolute atomic E-state index is 11.7. The van der Waals surface area contributed by atoms with Crippen molar-refractivity contribution >= 4 is 11.7 Å². The molecule has 6 nitrogen and oxygen atoms in total. The van der Waals surface area contributed by atoms with Gasteiger partial charge in [-0.1, -0.05) is 6.92 Å². The molecule has 0 aliphatic heterocycles. The van der Waals surface area contributed by atoms with Crippen LogP contribution in [0.1, 0.15) is 30.0 Å². The van der Waals surface area contributed by atoms with E-state index < -0.39 is 12.1 Å². The molecular formula is C10H14N4O2. The van der Waals surface area contributed by atoms with Crippen LogP contribution < -0.4 is 5.73 Å². The van der Waals surface area contributed by atoms with Crippen LogP contribution in [0.15, 0.2) is 0 Å². The molecule has 1 aromatic rings. The number of carbonyl (C=O) groups is 1. The zero-order valence-corrected chi connectivity index (χ0v) is 9.52. The van der Waals surface area contributed by atoms with Gasteiger partial charge in [-0.15, -0.1) is 0 Å². The second-order valence-electron chi connectivity index (χ2n) is 3.36. The van der Waals surface area contributed by atoms with Crippen molar-refractivity contribution in [1.29, 1.82) is 5.26 Å². The quantitative estimate of drug-likeness (QED) is 0.757. The predicted molar refractivity (Wildman–Crippen MR) is 57.5 cm³/mol. The van der Waals surface area contributed by atoms with Crippen LogP contribution in [0.25, 0.3) is 0 Å². The van der Waals surface area contributed by atoms with Crippen LogP contribution >= 0.6 is 0 Å². The number of esters is 1. The lowest BCUT2D eigenvalue weighted by Crippen LogP contribution is -2.17. The van der Waals surface area contributed by atoms with Crippen molar-refractivity contribution in [3.63, 3.8) is 0 Å². The topological polar surface area (TPSA) is 93.9 Å². The van der Waals surface area contributed by atoms with E-state index in [1.165, 1.54) is 11.6 Å². The third-order valence-corrected chi connectivity index (χ3v) is 2.15. The summed E-state index contributed by atoms with van der Waals surface area (Å²) in [6.45, 7) is 3.39. The number of nitriles is 1. The zero-order chi connectivity index (χ0) is 12.3. The molecule has 0 fully saturated rings. The molecule has 1 heterocycles. The van der Waals surface area contributed by atoms with Crippen LogP contribution in [0.5, 0.6) is 0 Å². The second-order valence-corrected chi connectivity index (χ2v) is 3.36. The van der Waals surface area contributed by atoms with E-state index in [0.29, 0.717) is 17.8 Å². The third kappa shape index (κ3) is 2.14. The lowest BCUT2D eigenvalue weighted by molar-refractivity contribution is 0.0424. The van der Waals surface area contributed by atoms with Gasteiger partial charge in [0.05, 0.1) is 11.4 Å². The van der Waals surface area contributed by atoms with Gasteiger partial charge in [-0.25, -0.2) is 4.79 Å². The molecule has 16 heavy (non-hydrogen) atoms. The first-order chi connectivity index (χ1) is 7.51. The highest BCUT2D eigenvalue weighted by Gasteiger charge is 2.21. The molecule has 0 saturated carbocycles. The number of hydrogen-bond donors (Lipinski definition) is 1. The van der Waals surface area contributed by atoms with E-state index in [1.807, 2.05) is 13.0 Å². The maximum atomic E-state index is 11.7. The molecule has 6 heteroatoms. The van der Waals surface area contributed by atoms with Crippen molar-refractivity contribution in [2.45, 2.75) is 26.4 Å². The molecule has 0 aliphatic carbocycles. The zero-order valence-electron chi connectivity index (χ0n) is 9.52. The molecule has 0 aliphatic rings. The molecule has 1 aromatic heterocycles. The Labute approximate surface area is 93.6 Å². The normalized spacial score (nSPS) is 11.9. The van der Waals surface area contributed by atoms with Gasteiger partial charge in [0.15, 0.2) is 11.8 Å². The Morgan fingerprint density at radius 3 is 2.81 bits per heavy atom. The minimum atomic E-state index is -0.799. The highest BCUT2D eigenvalue weighted by atomic mass is 16.5. The Morgan fingerprint density at radius 1 is 1.75 bits per heavy atom. The molecule has 0 saturated heterocycles. The largest absolute Gasteiger partial charge is 0.442 e. The second kappa shape index (κ2) is 4.66. The van der Waals surface area contributed by atoms with Crippen LogP contribution in [-0.2, 0) is 18.2 Å². The Kier molecular flexibility index (Phi) is 3.51. The van der Waals surface area contributed by atoms with Crippen molar-refractivity contribution in [1.82, 2.24) is 9.78 Å². The fourth-order valence-electron chi connectivity index (χ4n) is 1.34. The first kappa shape index (κ1) is 12.0. The molecule has 2 N–H and O–H groups in total. The van der Waals surface area contributed by atoms with E-state index in [0.717, 1.165) is 0 Å². The summed E-state index contributed by atoms with van der Waals surface area (Å²) in [7, 11) is 1.61. The summed E-state index contributed by atoms with van der Waals surface area (Å²) in [4.78, 5) is 11.7. The summed E-state index contributed by atoms with van der Waals surface area (Å²) < 4.78 is 6.24. The van der Waals surface area contributed by atoms with Crippen molar-refractivity contribution in [2.24, 2.45) is 7.05 Å². The molecule has 1 unspecified atom stereocenters. The third-order valence-electron chi connectivity index (χ3n) is 2.15. The Morgan fingerprint density at radius 2 is 2.38 bits per heavy atom. The molecule has 0 spiro atoms. The van der Waals surface area contributed by atoms with Gasteiger partial charge in [0, 0.05) is 7.05 Å². The number of hydrogen-bond acceptors (Lipinski definition) is 5. The van der Waals surface area contributed by atoms with Gasteiger partial charge in [-0.05, 0) is 13.3 Å². The SMILES string of the molecule is CCc1nn(C)c(C(=O)OC(C)C#N)c1N. The van der Waals surface area contributed by atoms with E-state index >= 15 is 0 Å². The van der Waals surface area contributed by atoms with Gasteiger partial charge < -0.3 is 10.5 Å². The molecule has 1 atom stereocenters. The van der Waals surface area contributed by atoms with Crippen LogP contribution in [0, 0.1) is 11.3 Å². The summed E-state index contributed by atoms with van der Waals surface area (Å²) in [5.41, 5.74) is 6.93. The van der Waals surface area contributed by atoms with Crippen molar-refractivity contribution < 1.29 is 9.53 Å². The Balaban J connectivity index is 3.00. The van der Waals surface area contributed by atoms with Gasteiger partial charge in [-0.2, -0.15) is 10.4 Å². The molecule has 0 bridgehead atoms. The van der Waals surface area contributed by atoms with Gasteiger partial charge in [0.2, 0.25) is 0 Å². The van der Waals surface area contributed by atoms with E-state index in [4.69, 9.17) is 15.7 Å². The number of nitrogen functional groups attached to an aromatic ring is 1. The number of ether oxygens (including phenoxy) is 1. The van der Waals surface area contributed by atoms with E-state index in [2.05, 4.69) is 5.10 Å². The van der Waals surface area contributed by atoms with Gasteiger partial charge in [-0.3, -0.25) is 4.68 Å². The highest BCUT2D eigenvalue weighted by molar-refractivity contribution is 5.94. The summed E-state index contributed by atoms with van der Waals surface area (Å²) in [5.74, 6) is -0.624. The number of aryl methyl sites for hydroxylation is 2. The molecular weight excluding hydrogens is 208 g/mol. The summed E-state index contributed by atoms with van der Waals surface area (Å²) in [6.07, 6.45) is -0.160. The number of aromatic nitrogens is 2. The predicted octanol–water partition coefficient (Wildman–Crippen LogP) is 0.634. The van der Waals surface area contributed by atoms with Crippen LogP contribution in [-0.4, -0.2) is 21.9 Å². The minimum Gasteiger partial charge on any atom is -0.442 e. The number of anilines is 1. The number of nitrogens with zero attached hydrogens (tertiary/aromatic N) is 3. The van der Waals surface area contributed by atoms with E-state index in [1.54, 1.807) is 7.05 Å². The molecule has 86 valence electrons. The molecule has 1 rings (SSSR count). The van der Waals surface area contributed by atoms with Crippen LogP contribution in [0.2, 0.25) is 0 Å².